The van der Waals surface area contributed by atoms with Crippen molar-refractivity contribution in [3.63, 3.8) is 0 Å². The number of carbonyl (C=O) groups excluding carboxylic acids is 1. The summed E-state index contributed by atoms with van der Waals surface area (Å²) >= 11 is 1.40. The van der Waals surface area contributed by atoms with Crippen molar-refractivity contribution in [1.82, 2.24) is 19.7 Å². The number of aromatic nitrogens is 3. The van der Waals surface area contributed by atoms with Crippen molar-refractivity contribution in [1.29, 1.82) is 0 Å². The first-order valence-electron chi connectivity index (χ1n) is 7.80. The van der Waals surface area contributed by atoms with Crippen molar-refractivity contribution in [2.24, 2.45) is 0 Å². The standard InChI is InChI=1S/C16H20N4O3S/c1-3-20-11-17-18-16(20)24-10-15(21)19(2)9-12-4-5-13-14(8-12)23-7-6-22-13/h4-5,8,11H,3,6-7,9-10H2,1-2H3. The van der Waals surface area contributed by atoms with E-state index in [1.54, 1.807) is 18.3 Å². The lowest BCUT2D eigenvalue weighted by atomic mass is 10.2. The zero-order valence-electron chi connectivity index (χ0n) is 13.8. The Morgan fingerprint density at radius 3 is 2.92 bits per heavy atom. The van der Waals surface area contributed by atoms with Gasteiger partial charge in [0.05, 0.1) is 5.75 Å². The summed E-state index contributed by atoms with van der Waals surface area (Å²) < 4.78 is 13.0. The van der Waals surface area contributed by atoms with Gasteiger partial charge in [-0.2, -0.15) is 0 Å². The van der Waals surface area contributed by atoms with Crippen LogP contribution in [0, 0.1) is 0 Å². The van der Waals surface area contributed by atoms with Gasteiger partial charge in [-0.25, -0.2) is 0 Å². The van der Waals surface area contributed by atoms with Gasteiger partial charge in [0.15, 0.2) is 16.7 Å². The molecule has 1 aromatic heterocycles. The van der Waals surface area contributed by atoms with Crippen molar-refractivity contribution in [3.8, 4) is 11.5 Å². The zero-order valence-corrected chi connectivity index (χ0v) is 14.6. The lowest BCUT2D eigenvalue weighted by Gasteiger charge is -2.21. The van der Waals surface area contributed by atoms with E-state index in [2.05, 4.69) is 10.2 Å². The van der Waals surface area contributed by atoms with Crippen LogP contribution in [-0.2, 0) is 17.9 Å². The van der Waals surface area contributed by atoms with Gasteiger partial charge in [-0.1, -0.05) is 17.8 Å². The number of benzene rings is 1. The highest BCUT2D eigenvalue weighted by Gasteiger charge is 2.15. The van der Waals surface area contributed by atoms with Crippen LogP contribution in [0.2, 0.25) is 0 Å². The molecule has 0 unspecified atom stereocenters. The molecule has 0 radical (unpaired) electrons. The number of thioether (sulfide) groups is 1. The molecule has 0 fully saturated rings. The minimum absolute atomic E-state index is 0.0422. The molecule has 3 rings (SSSR count). The van der Waals surface area contributed by atoms with E-state index in [0.29, 0.717) is 25.5 Å². The highest BCUT2D eigenvalue weighted by atomic mass is 32.2. The zero-order chi connectivity index (χ0) is 16.9. The summed E-state index contributed by atoms with van der Waals surface area (Å²) in [7, 11) is 1.80. The third kappa shape index (κ3) is 3.81. The Morgan fingerprint density at radius 2 is 2.12 bits per heavy atom. The minimum atomic E-state index is 0.0422. The van der Waals surface area contributed by atoms with E-state index < -0.39 is 0 Å². The molecule has 0 saturated carbocycles. The van der Waals surface area contributed by atoms with E-state index >= 15 is 0 Å². The van der Waals surface area contributed by atoms with E-state index in [-0.39, 0.29) is 5.91 Å². The van der Waals surface area contributed by atoms with Gasteiger partial charge in [-0.05, 0) is 24.6 Å². The molecule has 8 heteroatoms. The number of hydrogen-bond acceptors (Lipinski definition) is 6. The maximum absolute atomic E-state index is 12.3. The van der Waals surface area contributed by atoms with Gasteiger partial charge in [0, 0.05) is 20.1 Å². The Hall–Kier alpha value is -2.22. The fraction of sp³-hybridized carbons (Fsp3) is 0.438. The number of fused-ring (bicyclic) bond motifs is 1. The Labute approximate surface area is 145 Å². The fourth-order valence-corrected chi connectivity index (χ4v) is 3.28. The summed E-state index contributed by atoms with van der Waals surface area (Å²) in [6, 6.07) is 5.78. The summed E-state index contributed by atoms with van der Waals surface area (Å²) in [5.74, 6) is 1.87. The molecule has 0 atom stereocenters. The highest BCUT2D eigenvalue weighted by Crippen LogP contribution is 2.31. The predicted octanol–water partition coefficient (Wildman–Crippen LogP) is 1.82. The molecule has 0 bridgehead atoms. The number of nitrogens with zero attached hydrogens (tertiary/aromatic N) is 4. The van der Waals surface area contributed by atoms with E-state index in [4.69, 9.17) is 9.47 Å². The molecular weight excluding hydrogens is 328 g/mol. The van der Waals surface area contributed by atoms with Crippen LogP contribution in [0.3, 0.4) is 0 Å². The quantitative estimate of drug-likeness (QED) is 0.742. The highest BCUT2D eigenvalue weighted by molar-refractivity contribution is 7.99. The van der Waals surface area contributed by atoms with Crippen LogP contribution < -0.4 is 9.47 Å². The van der Waals surface area contributed by atoms with Crippen LogP contribution in [0.4, 0.5) is 0 Å². The van der Waals surface area contributed by atoms with Gasteiger partial charge in [-0.15, -0.1) is 10.2 Å². The molecule has 7 nitrogen and oxygen atoms in total. The molecule has 2 aromatic rings. The van der Waals surface area contributed by atoms with Crippen LogP contribution in [0.5, 0.6) is 11.5 Å². The molecule has 1 aliphatic heterocycles. The number of ether oxygens (including phenoxy) is 2. The van der Waals surface area contributed by atoms with Crippen molar-refractivity contribution in [3.05, 3.63) is 30.1 Å². The van der Waals surface area contributed by atoms with Crippen molar-refractivity contribution < 1.29 is 14.3 Å². The van der Waals surface area contributed by atoms with Gasteiger partial charge in [0.1, 0.15) is 19.5 Å². The van der Waals surface area contributed by atoms with Gasteiger partial charge in [0.2, 0.25) is 5.91 Å². The summed E-state index contributed by atoms with van der Waals surface area (Å²) in [5, 5.41) is 8.65. The first kappa shape index (κ1) is 16.6. The lowest BCUT2D eigenvalue weighted by Crippen LogP contribution is -2.28. The third-order valence-electron chi connectivity index (χ3n) is 3.70. The average molecular weight is 348 g/mol. The number of amides is 1. The second-order valence-corrected chi connectivity index (χ2v) is 6.36. The third-order valence-corrected chi connectivity index (χ3v) is 4.66. The number of carbonyl (C=O) groups is 1. The van der Waals surface area contributed by atoms with Crippen LogP contribution in [0.15, 0.2) is 29.7 Å². The van der Waals surface area contributed by atoms with Crippen molar-refractivity contribution >= 4 is 17.7 Å². The van der Waals surface area contributed by atoms with Crippen LogP contribution in [0.25, 0.3) is 0 Å². The second kappa shape index (κ2) is 7.57. The molecule has 1 amide bonds. The molecule has 1 aliphatic rings. The predicted molar refractivity (Wildman–Crippen MR) is 90.3 cm³/mol. The van der Waals surface area contributed by atoms with Crippen molar-refractivity contribution in [2.75, 3.05) is 26.0 Å². The molecule has 24 heavy (non-hydrogen) atoms. The molecule has 0 N–H and O–H groups in total. The molecule has 2 heterocycles. The van der Waals surface area contributed by atoms with Gasteiger partial charge in [-0.3, -0.25) is 4.79 Å². The first-order chi connectivity index (χ1) is 11.7. The summed E-state index contributed by atoms with van der Waals surface area (Å²) in [6.45, 7) is 4.46. The van der Waals surface area contributed by atoms with E-state index in [9.17, 15) is 4.79 Å². The Kier molecular flexibility index (Phi) is 5.24. The second-order valence-electron chi connectivity index (χ2n) is 5.42. The van der Waals surface area contributed by atoms with Crippen LogP contribution >= 0.6 is 11.8 Å². The Balaban J connectivity index is 1.56. The lowest BCUT2D eigenvalue weighted by molar-refractivity contribution is -0.127. The Bertz CT molecular complexity index is 719. The van der Waals surface area contributed by atoms with Crippen LogP contribution in [0.1, 0.15) is 12.5 Å². The van der Waals surface area contributed by atoms with Gasteiger partial charge in [0.25, 0.3) is 0 Å². The number of rotatable bonds is 6. The largest absolute Gasteiger partial charge is 0.486 e. The van der Waals surface area contributed by atoms with E-state index in [0.717, 1.165) is 28.8 Å². The van der Waals surface area contributed by atoms with Crippen LogP contribution in [-0.4, -0.2) is 51.6 Å². The van der Waals surface area contributed by atoms with E-state index in [1.807, 2.05) is 29.7 Å². The molecular formula is C16H20N4O3S. The average Bonchev–Trinajstić information content (AvgIpc) is 3.07. The Morgan fingerprint density at radius 1 is 1.33 bits per heavy atom. The van der Waals surface area contributed by atoms with Gasteiger partial charge >= 0.3 is 0 Å². The molecule has 0 saturated heterocycles. The normalized spacial score (nSPS) is 12.9. The SMILES string of the molecule is CCn1cnnc1SCC(=O)N(C)Cc1ccc2c(c1)OCCO2. The summed E-state index contributed by atoms with van der Waals surface area (Å²) in [4.78, 5) is 14.0. The maximum Gasteiger partial charge on any atom is 0.233 e. The first-order valence-corrected chi connectivity index (χ1v) is 8.79. The topological polar surface area (TPSA) is 69.5 Å². The minimum Gasteiger partial charge on any atom is -0.486 e. The number of hydrogen-bond donors (Lipinski definition) is 0. The molecule has 0 spiro atoms. The summed E-state index contributed by atoms with van der Waals surface area (Å²) in [6.07, 6.45) is 1.67. The molecule has 0 aliphatic carbocycles. The monoisotopic (exact) mass is 348 g/mol. The molecule has 128 valence electrons. The fourth-order valence-electron chi connectivity index (χ4n) is 2.36. The van der Waals surface area contributed by atoms with E-state index in [1.165, 1.54) is 11.8 Å². The smallest absolute Gasteiger partial charge is 0.233 e. The maximum atomic E-state index is 12.3. The van der Waals surface area contributed by atoms with Crippen molar-refractivity contribution in [2.45, 2.75) is 25.2 Å². The molecule has 1 aromatic carbocycles. The van der Waals surface area contributed by atoms with Gasteiger partial charge < -0.3 is 18.9 Å². The summed E-state index contributed by atoms with van der Waals surface area (Å²) in [5.41, 5.74) is 1.01. The number of aryl methyl sites for hydroxylation is 1.